The largest absolute Gasteiger partial charge is 0.484 e. The number of carbonyl (C=O) groups excluding carboxylic acids is 2. The number of rotatable bonds is 6. The quantitative estimate of drug-likeness (QED) is 0.858. The van der Waals surface area contributed by atoms with Gasteiger partial charge in [-0.2, -0.15) is 5.10 Å². The second kappa shape index (κ2) is 7.38. The summed E-state index contributed by atoms with van der Waals surface area (Å²) in [4.78, 5) is 25.6. The molecule has 3 rings (SSSR count). The van der Waals surface area contributed by atoms with Gasteiger partial charge in [-0.05, 0) is 43.5 Å². The number of hydrogen-bond donors (Lipinski definition) is 1. The van der Waals surface area contributed by atoms with Gasteiger partial charge in [0, 0.05) is 18.3 Å². The fraction of sp³-hybridized carbons (Fsp3) is 0.389. The molecule has 1 aromatic carbocycles. The molecule has 132 valence electrons. The van der Waals surface area contributed by atoms with E-state index in [0.29, 0.717) is 17.9 Å². The molecule has 1 fully saturated rings. The fourth-order valence-electron chi connectivity index (χ4n) is 3.10. The van der Waals surface area contributed by atoms with E-state index in [-0.39, 0.29) is 18.6 Å². The van der Waals surface area contributed by atoms with Crippen molar-refractivity contribution in [3.05, 3.63) is 47.8 Å². The van der Waals surface area contributed by atoms with Crippen molar-refractivity contribution in [3.8, 4) is 5.75 Å². The topological polar surface area (TPSA) is 90.4 Å². The van der Waals surface area contributed by atoms with Crippen molar-refractivity contribution in [1.82, 2.24) is 14.7 Å². The van der Waals surface area contributed by atoms with E-state index in [9.17, 15) is 9.59 Å². The Kier molecular flexibility index (Phi) is 5.02. The van der Waals surface area contributed by atoms with E-state index in [2.05, 4.69) is 5.10 Å². The highest BCUT2D eigenvalue weighted by molar-refractivity contribution is 5.93. The van der Waals surface area contributed by atoms with Crippen LogP contribution < -0.4 is 10.5 Å². The number of ether oxygens (including phenoxy) is 1. The maximum Gasteiger partial charge on any atom is 0.260 e. The van der Waals surface area contributed by atoms with Gasteiger partial charge < -0.3 is 15.4 Å². The molecule has 1 unspecified atom stereocenters. The van der Waals surface area contributed by atoms with Gasteiger partial charge in [0.25, 0.3) is 5.91 Å². The molecule has 2 heterocycles. The van der Waals surface area contributed by atoms with Gasteiger partial charge >= 0.3 is 0 Å². The third-order valence-electron chi connectivity index (χ3n) is 4.34. The lowest BCUT2D eigenvalue weighted by molar-refractivity contribution is -0.134. The zero-order chi connectivity index (χ0) is 17.8. The zero-order valence-corrected chi connectivity index (χ0v) is 14.2. The Morgan fingerprint density at radius 1 is 1.40 bits per heavy atom. The molecule has 1 saturated heterocycles. The molecule has 0 saturated carbocycles. The van der Waals surface area contributed by atoms with Crippen LogP contribution in [0.3, 0.4) is 0 Å². The molecule has 2 N–H and O–H groups in total. The van der Waals surface area contributed by atoms with E-state index in [4.69, 9.17) is 10.5 Å². The van der Waals surface area contributed by atoms with Crippen LogP contribution in [-0.4, -0.2) is 45.7 Å². The Morgan fingerprint density at radius 2 is 2.24 bits per heavy atom. The van der Waals surface area contributed by atoms with Gasteiger partial charge in [0.05, 0.1) is 18.8 Å². The van der Waals surface area contributed by atoms with Gasteiger partial charge in [-0.1, -0.05) is 6.07 Å². The molecule has 7 heteroatoms. The SMILES string of the molecule is Cc1cnn(CC2CCCN2C(=O)COc2cccc(C(N)=O)c2)c1. The monoisotopic (exact) mass is 342 g/mol. The van der Waals surface area contributed by atoms with E-state index in [1.54, 1.807) is 24.3 Å². The molecule has 1 aromatic heterocycles. The van der Waals surface area contributed by atoms with Crippen molar-refractivity contribution in [1.29, 1.82) is 0 Å². The molecule has 2 amide bonds. The number of amides is 2. The molecule has 1 atom stereocenters. The van der Waals surface area contributed by atoms with Crippen LogP contribution in [0.5, 0.6) is 5.75 Å². The van der Waals surface area contributed by atoms with E-state index in [1.165, 1.54) is 0 Å². The van der Waals surface area contributed by atoms with Crippen molar-refractivity contribution in [3.63, 3.8) is 0 Å². The maximum atomic E-state index is 12.5. The van der Waals surface area contributed by atoms with E-state index in [0.717, 1.165) is 24.9 Å². The highest BCUT2D eigenvalue weighted by Gasteiger charge is 2.29. The van der Waals surface area contributed by atoms with Crippen LogP contribution in [0.1, 0.15) is 28.8 Å². The van der Waals surface area contributed by atoms with Crippen molar-refractivity contribution in [2.24, 2.45) is 5.73 Å². The smallest absolute Gasteiger partial charge is 0.260 e. The number of aromatic nitrogens is 2. The average molecular weight is 342 g/mol. The fourth-order valence-corrected chi connectivity index (χ4v) is 3.10. The Balaban J connectivity index is 1.58. The molecule has 25 heavy (non-hydrogen) atoms. The molecule has 1 aliphatic rings. The molecule has 0 spiro atoms. The van der Waals surface area contributed by atoms with Gasteiger partial charge in [0.2, 0.25) is 5.91 Å². The Morgan fingerprint density at radius 3 is 2.96 bits per heavy atom. The molecule has 2 aromatic rings. The number of likely N-dealkylation sites (tertiary alicyclic amines) is 1. The van der Waals surface area contributed by atoms with Gasteiger partial charge in [-0.15, -0.1) is 0 Å². The number of benzene rings is 1. The summed E-state index contributed by atoms with van der Waals surface area (Å²) in [7, 11) is 0. The minimum Gasteiger partial charge on any atom is -0.484 e. The number of aryl methyl sites for hydroxylation is 1. The summed E-state index contributed by atoms with van der Waals surface area (Å²) >= 11 is 0. The average Bonchev–Trinajstić information content (AvgIpc) is 3.22. The maximum absolute atomic E-state index is 12.5. The number of carbonyl (C=O) groups is 2. The second-order valence-corrected chi connectivity index (χ2v) is 6.30. The lowest BCUT2D eigenvalue weighted by Crippen LogP contribution is -2.40. The first kappa shape index (κ1) is 17.0. The van der Waals surface area contributed by atoms with E-state index in [1.807, 2.05) is 28.9 Å². The standard InChI is InChI=1S/C18H22N4O3/c1-13-9-20-21(10-13)11-15-5-3-7-22(15)17(23)12-25-16-6-2-4-14(8-16)18(19)24/h2,4,6,8-10,15H,3,5,7,11-12H2,1H3,(H2,19,24). The van der Waals surface area contributed by atoms with Crippen LogP contribution in [0.4, 0.5) is 0 Å². The number of primary amides is 1. The van der Waals surface area contributed by atoms with Crippen LogP contribution in [0.2, 0.25) is 0 Å². The van der Waals surface area contributed by atoms with Crippen LogP contribution in [0.15, 0.2) is 36.7 Å². The lowest BCUT2D eigenvalue weighted by Gasteiger charge is -2.24. The summed E-state index contributed by atoms with van der Waals surface area (Å²) in [6.45, 7) is 3.36. The van der Waals surface area contributed by atoms with Gasteiger partial charge in [0.15, 0.2) is 6.61 Å². The molecule has 0 aliphatic carbocycles. The second-order valence-electron chi connectivity index (χ2n) is 6.30. The summed E-state index contributed by atoms with van der Waals surface area (Å²) < 4.78 is 7.43. The third-order valence-corrected chi connectivity index (χ3v) is 4.34. The molecular weight excluding hydrogens is 320 g/mol. The molecule has 0 bridgehead atoms. The molecule has 7 nitrogen and oxygen atoms in total. The highest BCUT2D eigenvalue weighted by Crippen LogP contribution is 2.20. The van der Waals surface area contributed by atoms with Crippen LogP contribution in [-0.2, 0) is 11.3 Å². The predicted molar refractivity (Wildman–Crippen MR) is 92.2 cm³/mol. The van der Waals surface area contributed by atoms with Gasteiger partial charge in [0.1, 0.15) is 5.75 Å². The Hall–Kier alpha value is -2.83. The van der Waals surface area contributed by atoms with Crippen molar-refractivity contribution in [2.45, 2.75) is 32.4 Å². The zero-order valence-electron chi connectivity index (χ0n) is 14.2. The Labute approximate surface area is 146 Å². The minimum absolute atomic E-state index is 0.0587. The van der Waals surface area contributed by atoms with Gasteiger partial charge in [-0.3, -0.25) is 14.3 Å². The summed E-state index contributed by atoms with van der Waals surface area (Å²) in [5, 5.41) is 4.30. The van der Waals surface area contributed by atoms with Gasteiger partial charge in [-0.25, -0.2) is 0 Å². The Bertz CT molecular complexity index is 771. The first-order valence-electron chi connectivity index (χ1n) is 8.34. The summed E-state index contributed by atoms with van der Waals surface area (Å²) in [5.74, 6) is -0.121. The number of nitrogens with zero attached hydrogens (tertiary/aromatic N) is 3. The van der Waals surface area contributed by atoms with Crippen LogP contribution in [0, 0.1) is 6.92 Å². The first-order chi connectivity index (χ1) is 12.0. The highest BCUT2D eigenvalue weighted by atomic mass is 16.5. The summed E-state index contributed by atoms with van der Waals surface area (Å²) in [6, 6.07) is 6.67. The molecule has 1 aliphatic heterocycles. The van der Waals surface area contributed by atoms with Crippen molar-refractivity contribution >= 4 is 11.8 Å². The minimum atomic E-state index is -0.522. The third kappa shape index (κ3) is 4.17. The summed E-state index contributed by atoms with van der Waals surface area (Å²) in [6.07, 6.45) is 5.73. The normalized spacial score (nSPS) is 16.8. The van der Waals surface area contributed by atoms with Crippen LogP contribution >= 0.6 is 0 Å². The van der Waals surface area contributed by atoms with Crippen molar-refractivity contribution in [2.75, 3.05) is 13.2 Å². The first-order valence-corrected chi connectivity index (χ1v) is 8.34. The molecular formula is C18H22N4O3. The van der Waals surface area contributed by atoms with E-state index < -0.39 is 5.91 Å². The van der Waals surface area contributed by atoms with Crippen LogP contribution in [0.25, 0.3) is 0 Å². The predicted octanol–water partition coefficient (Wildman–Crippen LogP) is 1.36. The number of hydrogen-bond acceptors (Lipinski definition) is 4. The lowest BCUT2D eigenvalue weighted by atomic mass is 10.2. The van der Waals surface area contributed by atoms with E-state index >= 15 is 0 Å². The summed E-state index contributed by atoms with van der Waals surface area (Å²) in [5.41, 5.74) is 6.72. The molecule has 0 radical (unpaired) electrons. The van der Waals surface area contributed by atoms with Crippen molar-refractivity contribution < 1.29 is 14.3 Å². The number of nitrogens with two attached hydrogens (primary N) is 1.